The van der Waals surface area contributed by atoms with Gasteiger partial charge < -0.3 is 5.32 Å². The molecule has 2 aromatic rings. The van der Waals surface area contributed by atoms with Gasteiger partial charge in [-0.15, -0.1) is 0 Å². The van der Waals surface area contributed by atoms with E-state index in [2.05, 4.69) is 15.5 Å². The Morgan fingerprint density at radius 2 is 1.87 bits per heavy atom. The van der Waals surface area contributed by atoms with Crippen LogP contribution in [-0.2, 0) is 30.4 Å². The lowest BCUT2D eigenvalue weighted by Crippen LogP contribution is -2.34. The standard InChI is InChI=1S/C17H18F7N5O/c1-8(29-11-4-2-3-9(11)13(27-29)17(22,23)24)16(30)25-5-6-28-12(15(20)21)7-10(26-28)14(18)19/h7-8,14-15H,2-6H2,1H3,(H,25,30)/t8-/m1/s1. The summed E-state index contributed by atoms with van der Waals surface area (Å²) in [6.45, 7) is 0.827. The van der Waals surface area contributed by atoms with E-state index in [1.54, 1.807) is 0 Å². The number of nitrogens with zero attached hydrogens (tertiary/aromatic N) is 4. The first-order valence-corrected chi connectivity index (χ1v) is 9.09. The summed E-state index contributed by atoms with van der Waals surface area (Å²) in [5.41, 5.74) is -2.10. The van der Waals surface area contributed by atoms with E-state index in [0.29, 0.717) is 29.3 Å². The first-order valence-electron chi connectivity index (χ1n) is 9.09. The highest BCUT2D eigenvalue weighted by atomic mass is 19.4. The summed E-state index contributed by atoms with van der Waals surface area (Å²) in [6.07, 6.45) is -9.59. The van der Waals surface area contributed by atoms with Gasteiger partial charge in [0, 0.05) is 17.8 Å². The Labute approximate surface area is 166 Å². The quantitative estimate of drug-likeness (QED) is 0.665. The van der Waals surface area contributed by atoms with E-state index in [1.807, 2.05) is 0 Å². The Hall–Kier alpha value is -2.60. The third kappa shape index (κ3) is 4.29. The topological polar surface area (TPSA) is 64.7 Å². The van der Waals surface area contributed by atoms with Gasteiger partial charge in [-0.05, 0) is 32.3 Å². The summed E-state index contributed by atoms with van der Waals surface area (Å²) >= 11 is 0. The Bertz CT molecular complexity index is 918. The first kappa shape index (κ1) is 22.1. The van der Waals surface area contributed by atoms with Crippen LogP contribution in [0, 0.1) is 0 Å². The van der Waals surface area contributed by atoms with Gasteiger partial charge in [-0.25, -0.2) is 17.6 Å². The molecule has 6 nitrogen and oxygen atoms in total. The number of halogens is 7. The second-order valence-electron chi connectivity index (χ2n) is 6.86. The van der Waals surface area contributed by atoms with Crippen molar-refractivity contribution in [2.24, 2.45) is 0 Å². The Balaban J connectivity index is 1.68. The van der Waals surface area contributed by atoms with Crippen LogP contribution in [0.5, 0.6) is 0 Å². The third-order valence-corrected chi connectivity index (χ3v) is 4.87. The summed E-state index contributed by atoms with van der Waals surface area (Å²) in [5.74, 6) is -0.680. The van der Waals surface area contributed by atoms with E-state index in [9.17, 15) is 35.5 Å². The molecule has 0 spiro atoms. The zero-order valence-corrected chi connectivity index (χ0v) is 15.7. The number of amides is 1. The fourth-order valence-corrected chi connectivity index (χ4v) is 3.47. The van der Waals surface area contributed by atoms with Crippen molar-refractivity contribution in [3.8, 4) is 0 Å². The Morgan fingerprint density at radius 3 is 2.47 bits per heavy atom. The largest absolute Gasteiger partial charge is 0.435 e. The van der Waals surface area contributed by atoms with Crippen LogP contribution in [0.3, 0.4) is 0 Å². The third-order valence-electron chi connectivity index (χ3n) is 4.87. The summed E-state index contributed by atoms with van der Waals surface area (Å²) < 4.78 is 92.5. The Morgan fingerprint density at radius 1 is 1.17 bits per heavy atom. The van der Waals surface area contributed by atoms with Gasteiger partial charge in [-0.3, -0.25) is 14.2 Å². The summed E-state index contributed by atoms with van der Waals surface area (Å²) in [4.78, 5) is 12.4. The van der Waals surface area contributed by atoms with Gasteiger partial charge in [0.15, 0.2) is 5.69 Å². The predicted octanol–water partition coefficient (Wildman–Crippen LogP) is 3.84. The van der Waals surface area contributed by atoms with Gasteiger partial charge in [0.1, 0.15) is 17.4 Å². The highest BCUT2D eigenvalue weighted by molar-refractivity contribution is 5.79. The molecule has 0 radical (unpaired) electrons. The summed E-state index contributed by atoms with van der Waals surface area (Å²) in [7, 11) is 0. The van der Waals surface area contributed by atoms with Crippen molar-refractivity contribution < 1.29 is 35.5 Å². The van der Waals surface area contributed by atoms with Gasteiger partial charge in [0.05, 0.1) is 6.54 Å². The Kier molecular flexibility index (Phi) is 6.09. The second kappa shape index (κ2) is 8.26. The first-order chi connectivity index (χ1) is 14.0. The van der Waals surface area contributed by atoms with E-state index < -0.39 is 48.1 Å². The van der Waals surface area contributed by atoms with E-state index in [-0.39, 0.29) is 25.1 Å². The van der Waals surface area contributed by atoms with Crippen LogP contribution >= 0.6 is 0 Å². The number of alkyl halides is 7. The van der Waals surface area contributed by atoms with Gasteiger partial charge >= 0.3 is 6.18 Å². The van der Waals surface area contributed by atoms with Crippen LogP contribution in [0.1, 0.15) is 60.6 Å². The molecule has 2 heterocycles. The minimum atomic E-state index is -4.63. The maximum atomic E-state index is 13.2. The average Bonchev–Trinajstić information content (AvgIpc) is 3.34. The van der Waals surface area contributed by atoms with Gasteiger partial charge in [0.25, 0.3) is 12.9 Å². The predicted molar refractivity (Wildman–Crippen MR) is 89.1 cm³/mol. The molecule has 30 heavy (non-hydrogen) atoms. The van der Waals surface area contributed by atoms with Crippen molar-refractivity contribution in [3.63, 3.8) is 0 Å². The van der Waals surface area contributed by atoms with Crippen LogP contribution in [0.2, 0.25) is 0 Å². The van der Waals surface area contributed by atoms with Crippen LogP contribution in [0.15, 0.2) is 6.07 Å². The lowest BCUT2D eigenvalue weighted by atomic mass is 10.2. The molecule has 1 atom stereocenters. The van der Waals surface area contributed by atoms with E-state index in [4.69, 9.17) is 0 Å². The lowest BCUT2D eigenvalue weighted by molar-refractivity contribution is -0.142. The van der Waals surface area contributed by atoms with E-state index in [1.165, 1.54) is 6.92 Å². The van der Waals surface area contributed by atoms with E-state index >= 15 is 0 Å². The van der Waals surface area contributed by atoms with E-state index in [0.717, 1.165) is 4.68 Å². The summed E-state index contributed by atoms with van der Waals surface area (Å²) in [5, 5.41) is 9.38. The van der Waals surface area contributed by atoms with Gasteiger partial charge in [-0.1, -0.05) is 0 Å². The smallest absolute Gasteiger partial charge is 0.352 e. The molecule has 1 aliphatic carbocycles. The van der Waals surface area contributed by atoms with Crippen molar-refractivity contribution in [1.82, 2.24) is 24.9 Å². The van der Waals surface area contributed by atoms with Crippen LogP contribution in [-0.4, -0.2) is 32.0 Å². The second-order valence-corrected chi connectivity index (χ2v) is 6.86. The molecule has 0 saturated heterocycles. The molecule has 3 rings (SSSR count). The van der Waals surface area contributed by atoms with Crippen molar-refractivity contribution in [2.45, 2.75) is 57.8 Å². The molecular weight excluding hydrogens is 423 g/mol. The van der Waals surface area contributed by atoms with Crippen LogP contribution < -0.4 is 5.32 Å². The number of aromatic nitrogens is 4. The van der Waals surface area contributed by atoms with Gasteiger partial charge in [-0.2, -0.15) is 23.4 Å². The molecule has 2 aromatic heterocycles. The minimum absolute atomic E-state index is 0.0831. The molecule has 0 fully saturated rings. The highest BCUT2D eigenvalue weighted by Gasteiger charge is 2.41. The average molecular weight is 441 g/mol. The molecule has 0 unspecified atom stereocenters. The minimum Gasteiger partial charge on any atom is -0.352 e. The molecule has 0 bridgehead atoms. The maximum absolute atomic E-state index is 13.2. The molecule has 0 aliphatic heterocycles. The monoisotopic (exact) mass is 441 g/mol. The molecule has 1 N–H and O–H groups in total. The number of fused-ring (bicyclic) bond motifs is 1. The van der Waals surface area contributed by atoms with Crippen LogP contribution in [0.25, 0.3) is 0 Å². The van der Waals surface area contributed by atoms with Crippen molar-refractivity contribution in [1.29, 1.82) is 0 Å². The highest BCUT2D eigenvalue weighted by Crippen LogP contribution is 2.37. The fourth-order valence-electron chi connectivity index (χ4n) is 3.47. The molecule has 1 aliphatic rings. The SMILES string of the molecule is C[C@H](C(=O)NCCn1nc(C(F)F)cc1C(F)F)n1nc(C(F)(F)F)c2c1CCC2. The number of hydrogen-bond acceptors (Lipinski definition) is 3. The number of rotatable bonds is 7. The zero-order chi connectivity index (χ0) is 22.2. The van der Waals surface area contributed by atoms with Crippen LogP contribution in [0.4, 0.5) is 30.7 Å². The normalized spacial score (nSPS) is 15.1. The van der Waals surface area contributed by atoms with Crippen molar-refractivity contribution in [3.05, 3.63) is 34.4 Å². The number of carbonyl (C=O) groups excluding carboxylic acids is 1. The molecule has 13 heteroatoms. The molecular formula is C17H18F7N5O. The number of carbonyl (C=O) groups is 1. The van der Waals surface area contributed by atoms with Crippen molar-refractivity contribution in [2.75, 3.05) is 6.54 Å². The fraction of sp³-hybridized carbons (Fsp3) is 0.588. The molecule has 0 aromatic carbocycles. The number of hydrogen-bond donors (Lipinski definition) is 1. The molecule has 0 saturated carbocycles. The maximum Gasteiger partial charge on any atom is 0.435 e. The van der Waals surface area contributed by atoms with Crippen molar-refractivity contribution >= 4 is 5.91 Å². The number of nitrogens with one attached hydrogen (secondary N) is 1. The molecule has 1 amide bonds. The zero-order valence-electron chi connectivity index (χ0n) is 15.7. The lowest BCUT2D eigenvalue weighted by Gasteiger charge is -2.15. The molecule has 166 valence electrons. The summed E-state index contributed by atoms with van der Waals surface area (Å²) in [6, 6.07) is -0.484. The van der Waals surface area contributed by atoms with Gasteiger partial charge in [0.2, 0.25) is 5.91 Å².